The predicted octanol–water partition coefficient (Wildman–Crippen LogP) is 11.9. The van der Waals surface area contributed by atoms with Gasteiger partial charge in [0.2, 0.25) is 0 Å². The lowest BCUT2D eigenvalue weighted by Crippen LogP contribution is -2.74. The van der Waals surface area contributed by atoms with Crippen LogP contribution in [0.1, 0.15) is 11.1 Å². The van der Waals surface area contributed by atoms with E-state index in [9.17, 15) is 26.3 Å². The molecule has 0 N–H and O–H groups in total. The van der Waals surface area contributed by atoms with E-state index in [2.05, 4.69) is 127 Å². The summed E-state index contributed by atoms with van der Waals surface area (Å²) in [6.07, 6.45) is -9.06. The van der Waals surface area contributed by atoms with Gasteiger partial charge < -0.3 is 4.90 Å². The van der Waals surface area contributed by atoms with E-state index in [1.54, 1.807) is 17.0 Å². The van der Waals surface area contributed by atoms with Gasteiger partial charge in [0.15, 0.2) is 8.07 Å². The molecule has 8 heteroatoms. The van der Waals surface area contributed by atoms with Crippen LogP contribution in [0.25, 0.3) is 22.3 Å². The van der Waals surface area contributed by atoms with Gasteiger partial charge in [-0.25, -0.2) is 0 Å². The predicted molar refractivity (Wildman–Crippen MR) is 226 cm³/mol. The minimum Gasteiger partial charge on any atom is -0.311 e. The maximum atomic E-state index is 13.4. The lowest BCUT2D eigenvalue weighted by molar-refractivity contribution is -0.138. The third-order valence-corrected chi connectivity index (χ3v) is 15.3. The Kier molecular flexibility index (Phi) is 10.4. The summed E-state index contributed by atoms with van der Waals surface area (Å²) >= 11 is 0. The molecule has 0 unspecified atom stereocenters. The first-order valence-corrected chi connectivity index (χ1v) is 20.6. The molecule has 0 atom stereocenters. The molecule has 0 spiro atoms. The molecule has 0 saturated heterocycles. The van der Waals surface area contributed by atoms with Crippen LogP contribution in [-0.2, 0) is 12.4 Å². The molecule has 8 rings (SSSR count). The van der Waals surface area contributed by atoms with E-state index >= 15 is 0 Å². The first-order chi connectivity index (χ1) is 28.0. The van der Waals surface area contributed by atoms with Gasteiger partial charge in [-0.2, -0.15) is 26.3 Å². The topological polar surface area (TPSA) is 3.24 Å². The largest absolute Gasteiger partial charge is 0.416 e. The first kappa shape index (κ1) is 38.2. The Morgan fingerprint density at radius 2 is 0.517 bits per heavy atom. The molecule has 0 bridgehead atoms. The molecule has 1 nitrogen and oxygen atoms in total. The molecule has 0 heterocycles. The number of hydrogen-bond acceptors (Lipinski definition) is 1. The Labute approximate surface area is 334 Å². The van der Waals surface area contributed by atoms with Crippen molar-refractivity contribution in [3.8, 4) is 22.3 Å². The zero-order chi connectivity index (χ0) is 40.3. The molecule has 0 amide bonds. The van der Waals surface area contributed by atoms with Gasteiger partial charge in [0.05, 0.1) is 11.1 Å². The van der Waals surface area contributed by atoms with Crippen molar-refractivity contribution >= 4 is 45.9 Å². The number of hydrogen-bond donors (Lipinski definition) is 0. The molecule has 8 aromatic carbocycles. The Balaban J connectivity index is 1.09. The first-order valence-electron chi connectivity index (χ1n) is 18.6. The van der Waals surface area contributed by atoms with Crippen LogP contribution >= 0.6 is 0 Å². The summed E-state index contributed by atoms with van der Waals surface area (Å²) in [4.78, 5) is 1.63. The van der Waals surface area contributed by atoms with Gasteiger partial charge in [-0.1, -0.05) is 152 Å². The van der Waals surface area contributed by atoms with Gasteiger partial charge in [-0.3, -0.25) is 0 Å². The molecule has 0 radical (unpaired) electrons. The third kappa shape index (κ3) is 7.58. The summed E-state index contributed by atoms with van der Waals surface area (Å²) in [6, 6.07) is 65.9. The second kappa shape index (κ2) is 15.7. The number of anilines is 3. The Bertz CT molecular complexity index is 2420. The molecule has 0 aliphatic heterocycles. The fourth-order valence-corrected chi connectivity index (χ4v) is 12.4. The van der Waals surface area contributed by atoms with Crippen LogP contribution < -0.4 is 25.6 Å². The molecule has 0 aliphatic rings. The van der Waals surface area contributed by atoms with Gasteiger partial charge in [-0.05, 0) is 104 Å². The normalized spacial score (nSPS) is 12.0. The van der Waals surface area contributed by atoms with E-state index in [4.69, 9.17) is 0 Å². The van der Waals surface area contributed by atoms with E-state index < -0.39 is 31.6 Å². The van der Waals surface area contributed by atoms with Crippen LogP contribution in [0.15, 0.2) is 212 Å². The molecule has 0 saturated carbocycles. The monoisotopic (exact) mass is 791 g/mol. The van der Waals surface area contributed by atoms with E-state index in [0.29, 0.717) is 17.1 Å². The van der Waals surface area contributed by atoms with Crippen molar-refractivity contribution in [1.82, 2.24) is 0 Å². The highest BCUT2D eigenvalue weighted by Gasteiger charge is 2.41. The summed E-state index contributed by atoms with van der Waals surface area (Å²) in [6.45, 7) is 0. The van der Waals surface area contributed by atoms with Gasteiger partial charge >= 0.3 is 12.4 Å². The zero-order valence-electron chi connectivity index (χ0n) is 30.9. The van der Waals surface area contributed by atoms with Gasteiger partial charge in [0.25, 0.3) is 0 Å². The summed E-state index contributed by atoms with van der Waals surface area (Å²) in [5.74, 6) is 0. The van der Waals surface area contributed by atoms with E-state index in [0.717, 1.165) is 46.5 Å². The third-order valence-electron chi connectivity index (χ3n) is 10.5. The maximum absolute atomic E-state index is 13.4. The molecule has 58 heavy (non-hydrogen) atoms. The molecule has 8 aromatic rings. The highest BCUT2D eigenvalue weighted by molar-refractivity contribution is 7.19. The lowest BCUT2D eigenvalue weighted by Gasteiger charge is -2.34. The van der Waals surface area contributed by atoms with Crippen LogP contribution in [0.2, 0.25) is 0 Å². The molecule has 286 valence electrons. The molecular formula is C50H35F6NSi. The minimum absolute atomic E-state index is 0.368. The Hall–Kier alpha value is -6.64. The van der Waals surface area contributed by atoms with Crippen LogP contribution in [0.5, 0.6) is 0 Å². The quantitative estimate of drug-likeness (QED) is 0.0800. The Morgan fingerprint density at radius 3 is 0.810 bits per heavy atom. The minimum atomic E-state index is -4.53. The van der Waals surface area contributed by atoms with Crippen LogP contribution in [0, 0.1) is 0 Å². The van der Waals surface area contributed by atoms with Gasteiger partial charge in [0.1, 0.15) is 0 Å². The van der Waals surface area contributed by atoms with Crippen molar-refractivity contribution in [2.75, 3.05) is 4.90 Å². The summed E-state index contributed by atoms with van der Waals surface area (Å²) in [7, 11) is -2.65. The van der Waals surface area contributed by atoms with Crippen LogP contribution in [-0.4, -0.2) is 8.07 Å². The number of halogens is 6. The van der Waals surface area contributed by atoms with Crippen molar-refractivity contribution in [2.24, 2.45) is 0 Å². The molecular weight excluding hydrogens is 757 g/mol. The number of rotatable bonds is 9. The maximum Gasteiger partial charge on any atom is 0.416 e. The van der Waals surface area contributed by atoms with Crippen molar-refractivity contribution < 1.29 is 26.3 Å². The SMILES string of the molecule is FC(F)(F)c1ccc(N(c2ccc(-c3ccc(-c4ccc([Si](c5ccccc5)(c5ccccc5)c5ccccc5)cc4)cc3)cc2)c2ccc(C(F)(F)F)cc2)cc1. The molecule has 0 aromatic heterocycles. The average Bonchev–Trinajstić information content (AvgIpc) is 3.26. The number of alkyl halides is 6. The molecule has 0 fully saturated rings. The van der Waals surface area contributed by atoms with Crippen LogP contribution in [0.4, 0.5) is 43.4 Å². The highest BCUT2D eigenvalue weighted by atomic mass is 28.3. The fourth-order valence-electron chi connectivity index (χ4n) is 7.68. The summed E-state index contributed by atoms with van der Waals surface area (Å²) in [5, 5.41) is 5.19. The smallest absolute Gasteiger partial charge is 0.311 e. The van der Waals surface area contributed by atoms with Crippen molar-refractivity contribution in [3.05, 3.63) is 223 Å². The molecule has 0 aliphatic carbocycles. The lowest BCUT2D eigenvalue weighted by atomic mass is 10.00. The van der Waals surface area contributed by atoms with Crippen molar-refractivity contribution in [2.45, 2.75) is 12.4 Å². The number of benzene rings is 8. The van der Waals surface area contributed by atoms with Gasteiger partial charge in [0, 0.05) is 17.1 Å². The van der Waals surface area contributed by atoms with Crippen LogP contribution in [0.3, 0.4) is 0 Å². The van der Waals surface area contributed by atoms with Crippen molar-refractivity contribution in [1.29, 1.82) is 0 Å². The Morgan fingerprint density at radius 1 is 0.276 bits per heavy atom. The van der Waals surface area contributed by atoms with Gasteiger partial charge in [-0.15, -0.1) is 0 Å². The number of nitrogens with zero attached hydrogens (tertiary/aromatic N) is 1. The highest BCUT2D eigenvalue weighted by Crippen LogP contribution is 2.39. The van der Waals surface area contributed by atoms with E-state index in [-0.39, 0.29) is 0 Å². The van der Waals surface area contributed by atoms with Crippen molar-refractivity contribution in [3.63, 3.8) is 0 Å². The van der Waals surface area contributed by atoms with E-state index in [1.165, 1.54) is 45.0 Å². The standard InChI is InChI=1S/C50H35F6NSi/c51-49(52,53)40-24-30-43(31-25-40)57(44-32-26-41(27-33-44)50(54,55)56)42-28-20-38(21-29-42)36-16-18-37(19-17-36)39-22-34-48(35-23-39)58(45-10-4-1-5-11-45,46-12-6-2-7-13-46)47-14-8-3-9-15-47/h1-35H. The zero-order valence-corrected chi connectivity index (χ0v) is 31.9. The fraction of sp³-hybridized carbons (Fsp3) is 0.0400. The second-order valence-corrected chi connectivity index (χ2v) is 17.8. The summed E-state index contributed by atoms with van der Waals surface area (Å²) in [5.41, 5.74) is 3.64. The van der Waals surface area contributed by atoms with E-state index in [1.807, 2.05) is 24.3 Å². The average molecular weight is 792 g/mol. The summed E-state index contributed by atoms with van der Waals surface area (Å²) < 4.78 is 80.2. The second-order valence-electron chi connectivity index (χ2n) is 14.0.